The lowest BCUT2D eigenvalue weighted by atomic mass is 10.2. The van der Waals surface area contributed by atoms with Crippen LogP contribution in [0.25, 0.3) is 0 Å². The summed E-state index contributed by atoms with van der Waals surface area (Å²) in [5, 5.41) is 19.6. The highest BCUT2D eigenvalue weighted by molar-refractivity contribution is 7.08. The van der Waals surface area contributed by atoms with Crippen molar-refractivity contribution in [2.45, 2.75) is 13.3 Å². The molecule has 0 unspecified atom stereocenters. The number of nitrogens with one attached hydrogen (secondary N) is 2. The molecule has 120 valence electrons. The fraction of sp³-hybridized carbons (Fsp3) is 0.200. The van der Waals surface area contributed by atoms with Crippen LogP contribution in [-0.2, 0) is 4.79 Å². The van der Waals surface area contributed by atoms with E-state index >= 15 is 0 Å². The van der Waals surface area contributed by atoms with Crippen LogP contribution in [0.4, 0.5) is 11.4 Å². The van der Waals surface area contributed by atoms with Gasteiger partial charge in [-0.25, -0.2) is 0 Å². The van der Waals surface area contributed by atoms with E-state index in [1.165, 1.54) is 17.4 Å². The second kappa shape index (κ2) is 7.50. The van der Waals surface area contributed by atoms with Crippen molar-refractivity contribution < 1.29 is 14.5 Å². The van der Waals surface area contributed by atoms with Crippen LogP contribution in [0.2, 0.25) is 0 Å². The number of rotatable bonds is 6. The molecule has 1 aromatic heterocycles. The second-order valence-electron chi connectivity index (χ2n) is 4.82. The van der Waals surface area contributed by atoms with Gasteiger partial charge in [0, 0.05) is 41.2 Å². The summed E-state index contributed by atoms with van der Waals surface area (Å²) < 4.78 is 0. The van der Waals surface area contributed by atoms with Gasteiger partial charge in [-0.2, -0.15) is 11.3 Å². The van der Waals surface area contributed by atoms with Gasteiger partial charge < -0.3 is 10.6 Å². The first kappa shape index (κ1) is 16.6. The van der Waals surface area contributed by atoms with Gasteiger partial charge >= 0.3 is 0 Å². The van der Waals surface area contributed by atoms with E-state index in [0.717, 1.165) is 0 Å². The molecular formula is C15H15N3O4S. The number of nitro benzene ring substituents is 1. The summed E-state index contributed by atoms with van der Waals surface area (Å²) in [6, 6.07) is 6.19. The van der Waals surface area contributed by atoms with Gasteiger partial charge in [0.25, 0.3) is 11.6 Å². The Bertz CT molecular complexity index is 728. The molecule has 2 aromatic rings. The zero-order chi connectivity index (χ0) is 16.8. The maximum atomic E-state index is 11.8. The van der Waals surface area contributed by atoms with E-state index in [0.29, 0.717) is 16.8 Å². The van der Waals surface area contributed by atoms with Gasteiger partial charge in [0.1, 0.15) is 0 Å². The molecule has 2 N–H and O–H groups in total. The van der Waals surface area contributed by atoms with Crippen molar-refractivity contribution in [1.82, 2.24) is 5.32 Å². The topological polar surface area (TPSA) is 101 Å². The smallest absolute Gasteiger partial charge is 0.274 e. The van der Waals surface area contributed by atoms with Crippen molar-refractivity contribution in [2.24, 2.45) is 0 Å². The summed E-state index contributed by atoms with van der Waals surface area (Å²) in [4.78, 5) is 33.9. The monoisotopic (exact) mass is 333 g/mol. The summed E-state index contributed by atoms with van der Waals surface area (Å²) >= 11 is 1.42. The maximum absolute atomic E-state index is 11.8. The van der Waals surface area contributed by atoms with E-state index in [-0.39, 0.29) is 30.5 Å². The maximum Gasteiger partial charge on any atom is 0.274 e. The molecule has 0 saturated carbocycles. The molecule has 1 aromatic carbocycles. The molecule has 0 fully saturated rings. The van der Waals surface area contributed by atoms with Crippen LogP contribution in [0.5, 0.6) is 0 Å². The Kier molecular flexibility index (Phi) is 5.42. The number of aryl methyl sites for hydroxylation is 1. The minimum Gasteiger partial charge on any atom is -0.351 e. The largest absolute Gasteiger partial charge is 0.351 e. The van der Waals surface area contributed by atoms with E-state index in [1.54, 1.807) is 35.9 Å². The normalized spacial score (nSPS) is 10.1. The molecule has 0 saturated heterocycles. The number of nitro groups is 1. The second-order valence-corrected chi connectivity index (χ2v) is 5.60. The highest BCUT2D eigenvalue weighted by Gasteiger charge is 2.12. The first-order valence-electron chi connectivity index (χ1n) is 6.82. The first-order chi connectivity index (χ1) is 11.0. The average Bonchev–Trinajstić information content (AvgIpc) is 3.03. The predicted octanol–water partition coefficient (Wildman–Crippen LogP) is 2.72. The van der Waals surface area contributed by atoms with Gasteiger partial charge in [-0.15, -0.1) is 0 Å². The Hall–Kier alpha value is -2.74. The first-order valence-corrected chi connectivity index (χ1v) is 7.77. The average molecular weight is 333 g/mol. The van der Waals surface area contributed by atoms with E-state index in [9.17, 15) is 19.7 Å². The summed E-state index contributed by atoms with van der Waals surface area (Å²) in [5.74, 6) is -0.557. The van der Waals surface area contributed by atoms with Gasteiger partial charge in [-0.3, -0.25) is 19.7 Å². The number of amides is 2. The number of carbonyl (C=O) groups excluding carboxylic acids is 2. The number of thiophene rings is 1. The van der Waals surface area contributed by atoms with Gasteiger partial charge in [0.2, 0.25) is 5.91 Å². The van der Waals surface area contributed by atoms with Gasteiger partial charge in [0.05, 0.1) is 4.92 Å². The molecule has 2 rings (SSSR count). The lowest BCUT2D eigenvalue weighted by Crippen LogP contribution is -2.27. The van der Waals surface area contributed by atoms with E-state index < -0.39 is 4.92 Å². The Balaban J connectivity index is 1.84. The van der Waals surface area contributed by atoms with E-state index in [2.05, 4.69) is 10.6 Å². The van der Waals surface area contributed by atoms with Crippen LogP contribution < -0.4 is 10.6 Å². The summed E-state index contributed by atoms with van der Waals surface area (Å²) in [6.45, 7) is 1.82. The Morgan fingerprint density at radius 3 is 2.74 bits per heavy atom. The zero-order valence-electron chi connectivity index (χ0n) is 12.4. The minimum absolute atomic E-state index is 0.0476. The van der Waals surface area contributed by atoms with Crippen LogP contribution in [0.15, 0.2) is 35.0 Å². The van der Waals surface area contributed by atoms with Crippen molar-refractivity contribution in [3.63, 3.8) is 0 Å². The summed E-state index contributed by atoms with van der Waals surface area (Å²) in [7, 11) is 0. The molecule has 0 aliphatic rings. The molecule has 2 amide bonds. The minimum atomic E-state index is -0.494. The predicted molar refractivity (Wildman–Crippen MR) is 87.7 cm³/mol. The molecular weight excluding hydrogens is 318 g/mol. The molecule has 23 heavy (non-hydrogen) atoms. The molecule has 7 nitrogen and oxygen atoms in total. The number of benzene rings is 1. The standard InChI is InChI=1S/C15H15N3O4S/c1-10-2-3-12(8-13(10)18(21)22)17-14(19)4-6-16-15(20)11-5-7-23-9-11/h2-3,5,7-9H,4,6H2,1H3,(H,16,20)(H,17,19). The fourth-order valence-electron chi connectivity index (χ4n) is 1.89. The molecule has 0 bridgehead atoms. The Labute approximate surface area is 136 Å². The van der Waals surface area contributed by atoms with Crippen molar-refractivity contribution in [1.29, 1.82) is 0 Å². The number of hydrogen-bond acceptors (Lipinski definition) is 5. The van der Waals surface area contributed by atoms with Crippen LogP contribution >= 0.6 is 11.3 Å². The molecule has 0 spiro atoms. The van der Waals surface area contributed by atoms with Crippen molar-refractivity contribution in [3.8, 4) is 0 Å². The third-order valence-electron chi connectivity index (χ3n) is 3.11. The highest BCUT2D eigenvalue weighted by Crippen LogP contribution is 2.22. The SMILES string of the molecule is Cc1ccc(NC(=O)CCNC(=O)c2ccsc2)cc1[N+](=O)[O-]. The van der Waals surface area contributed by atoms with E-state index in [4.69, 9.17) is 0 Å². The van der Waals surface area contributed by atoms with Gasteiger partial charge in [0.15, 0.2) is 0 Å². The number of carbonyl (C=O) groups is 2. The number of nitrogens with zero attached hydrogens (tertiary/aromatic N) is 1. The summed E-state index contributed by atoms with van der Waals surface area (Å²) in [6.07, 6.45) is 0.0809. The van der Waals surface area contributed by atoms with Crippen molar-refractivity contribution >= 4 is 34.5 Å². The molecule has 0 radical (unpaired) electrons. The van der Waals surface area contributed by atoms with Crippen LogP contribution in [0, 0.1) is 17.0 Å². The van der Waals surface area contributed by atoms with Gasteiger partial charge in [-0.1, -0.05) is 6.07 Å². The Morgan fingerprint density at radius 2 is 2.09 bits per heavy atom. The number of hydrogen-bond donors (Lipinski definition) is 2. The quantitative estimate of drug-likeness (QED) is 0.627. The summed E-state index contributed by atoms with van der Waals surface area (Å²) in [5.41, 5.74) is 1.39. The molecule has 0 atom stereocenters. The third-order valence-corrected chi connectivity index (χ3v) is 3.79. The lowest BCUT2D eigenvalue weighted by molar-refractivity contribution is -0.385. The molecule has 8 heteroatoms. The molecule has 0 aliphatic carbocycles. The Morgan fingerprint density at radius 1 is 1.30 bits per heavy atom. The molecule has 0 aliphatic heterocycles. The molecule has 1 heterocycles. The van der Waals surface area contributed by atoms with E-state index in [1.807, 2.05) is 0 Å². The highest BCUT2D eigenvalue weighted by atomic mass is 32.1. The lowest BCUT2D eigenvalue weighted by Gasteiger charge is -2.07. The van der Waals surface area contributed by atoms with Gasteiger partial charge in [-0.05, 0) is 24.4 Å². The van der Waals surface area contributed by atoms with Crippen molar-refractivity contribution in [2.75, 3.05) is 11.9 Å². The third kappa shape index (κ3) is 4.62. The van der Waals surface area contributed by atoms with Crippen molar-refractivity contribution in [3.05, 3.63) is 56.3 Å². The van der Waals surface area contributed by atoms with Crippen LogP contribution in [-0.4, -0.2) is 23.3 Å². The zero-order valence-corrected chi connectivity index (χ0v) is 13.2. The fourth-order valence-corrected chi connectivity index (χ4v) is 2.53. The van der Waals surface area contributed by atoms with Crippen LogP contribution in [0.1, 0.15) is 22.3 Å². The van der Waals surface area contributed by atoms with Crippen LogP contribution in [0.3, 0.4) is 0 Å². The number of anilines is 1.